The van der Waals surface area contributed by atoms with Crippen molar-refractivity contribution >= 4 is 57.7 Å². The molecule has 3 aromatic rings. The molecule has 0 saturated carbocycles. The minimum atomic E-state index is -0.309. The number of nitrogens with zero attached hydrogens (tertiary/aromatic N) is 2. The van der Waals surface area contributed by atoms with Crippen molar-refractivity contribution in [1.82, 2.24) is 4.90 Å². The van der Waals surface area contributed by atoms with Gasteiger partial charge in [-0.15, -0.1) is 11.3 Å². The van der Waals surface area contributed by atoms with Crippen LogP contribution in [-0.2, 0) is 0 Å². The third-order valence-corrected chi connectivity index (χ3v) is 6.66. The Morgan fingerprint density at radius 2 is 1.63 bits per heavy atom. The third kappa shape index (κ3) is 4.46. The third-order valence-electron chi connectivity index (χ3n) is 4.99. The Balaban J connectivity index is 1.35. The molecule has 1 aliphatic heterocycles. The molecule has 0 aliphatic carbocycles. The predicted molar refractivity (Wildman–Crippen MR) is 123 cm³/mol. The van der Waals surface area contributed by atoms with Crippen molar-refractivity contribution in [3.05, 3.63) is 80.5 Å². The van der Waals surface area contributed by atoms with Gasteiger partial charge in [0.1, 0.15) is 0 Å². The zero-order valence-electron chi connectivity index (χ0n) is 16.0. The molecule has 0 atom stereocenters. The maximum atomic E-state index is 12.5. The van der Waals surface area contributed by atoms with E-state index in [1.54, 1.807) is 18.2 Å². The van der Waals surface area contributed by atoms with E-state index in [9.17, 15) is 9.59 Å². The van der Waals surface area contributed by atoms with E-state index in [4.69, 9.17) is 23.2 Å². The summed E-state index contributed by atoms with van der Waals surface area (Å²) in [4.78, 5) is 29.9. The van der Waals surface area contributed by atoms with Crippen molar-refractivity contribution in [3.63, 3.8) is 0 Å². The van der Waals surface area contributed by atoms with Crippen LogP contribution in [0.2, 0.25) is 10.0 Å². The van der Waals surface area contributed by atoms with Crippen LogP contribution >= 0.6 is 34.5 Å². The number of benzene rings is 2. The highest BCUT2D eigenvalue weighted by molar-refractivity contribution is 7.12. The number of amides is 2. The van der Waals surface area contributed by atoms with Gasteiger partial charge in [-0.25, -0.2) is 0 Å². The summed E-state index contributed by atoms with van der Waals surface area (Å²) in [6, 6.07) is 16.4. The number of thiophene rings is 1. The van der Waals surface area contributed by atoms with Gasteiger partial charge in [-0.2, -0.15) is 0 Å². The highest BCUT2D eigenvalue weighted by atomic mass is 35.5. The molecule has 1 saturated heterocycles. The fourth-order valence-corrected chi connectivity index (χ4v) is 4.43. The first-order chi connectivity index (χ1) is 14.5. The van der Waals surface area contributed by atoms with Crippen molar-refractivity contribution in [3.8, 4) is 0 Å². The van der Waals surface area contributed by atoms with Gasteiger partial charge in [0.2, 0.25) is 0 Å². The second kappa shape index (κ2) is 9.08. The largest absolute Gasteiger partial charge is 0.368 e. The molecular formula is C22H19Cl2N3O2S. The second-order valence-corrected chi connectivity index (χ2v) is 8.59. The average molecular weight is 460 g/mol. The van der Waals surface area contributed by atoms with Crippen LogP contribution in [0.3, 0.4) is 0 Å². The number of carbonyl (C=O) groups excluding carboxylic acids is 2. The molecule has 8 heteroatoms. The Hall–Kier alpha value is -2.54. The van der Waals surface area contributed by atoms with Crippen LogP contribution in [0.5, 0.6) is 0 Å². The van der Waals surface area contributed by atoms with Crippen LogP contribution in [0.15, 0.2) is 60.0 Å². The van der Waals surface area contributed by atoms with Gasteiger partial charge in [0.15, 0.2) is 0 Å². The maximum Gasteiger partial charge on any atom is 0.264 e. The standard InChI is InChI=1S/C22H19Cl2N3O2S/c23-18-4-1-3-17(20(18)24)21(28)25-15-6-8-16(9-7-15)26-10-12-27(13-11-26)22(29)19-5-2-14-30-19/h1-9,14H,10-13H2,(H,25,28). The van der Waals surface area contributed by atoms with Crippen LogP contribution in [0.25, 0.3) is 0 Å². The van der Waals surface area contributed by atoms with E-state index in [2.05, 4.69) is 10.2 Å². The van der Waals surface area contributed by atoms with E-state index in [1.807, 2.05) is 46.7 Å². The van der Waals surface area contributed by atoms with Gasteiger partial charge in [-0.05, 0) is 47.8 Å². The van der Waals surface area contributed by atoms with Crippen LogP contribution in [0.1, 0.15) is 20.0 Å². The monoisotopic (exact) mass is 459 g/mol. The molecule has 4 rings (SSSR count). The highest BCUT2D eigenvalue weighted by Gasteiger charge is 2.23. The summed E-state index contributed by atoms with van der Waals surface area (Å²) in [6.45, 7) is 2.90. The lowest BCUT2D eigenvalue weighted by Gasteiger charge is -2.36. The quantitative estimate of drug-likeness (QED) is 0.577. The minimum absolute atomic E-state index is 0.0994. The number of piperazine rings is 1. The Morgan fingerprint density at radius 3 is 2.30 bits per heavy atom. The molecule has 1 fully saturated rings. The number of halogens is 2. The highest BCUT2D eigenvalue weighted by Crippen LogP contribution is 2.27. The summed E-state index contributed by atoms with van der Waals surface area (Å²) < 4.78 is 0. The van der Waals surface area contributed by atoms with Crippen LogP contribution in [0.4, 0.5) is 11.4 Å². The summed E-state index contributed by atoms with van der Waals surface area (Å²) in [7, 11) is 0. The normalized spacial score (nSPS) is 13.9. The molecule has 5 nitrogen and oxygen atoms in total. The Morgan fingerprint density at radius 1 is 0.900 bits per heavy atom. The summed E-state index contributed by atoms with van der Waals surface area (Å²) in [5, 5.41) is 5.35. The van der Waals surface area contributed by atoms with Gasteiger partial charge >= 0.3 is 0 Å². The van der Waals surface area contributed by atoms with Crippen LogP contribution < -0.4 is 10.2 Å². The van der Waals surface area contributed by atoms with E-state index in [-0.39, 0.29) is 16.8 Å². The van der Waals surface area contributed by atoms with Crippen molar-refractivity contribution in [1.29, 1.82) is 0 Å². The van der Waals surface area contributed by atoms with Crippen LogP contribution in [-0.4, -0.2) is 42.9 Å². The smallest absolute Gasteiger partial charge is 0.264 e. The number of carbonyl (C=O) groups is 2. The van der Waals surface area contributed by atoms with E-state index >= 15 is 0 Å². The van der Waals surface area contributed by atoms with Gasteiger partial charge < -0.3 is 15.1 Å². The van der Waals surface area contributed by atoms with Crippen LogP contribution in [0, 0.1) is 0 Å². The molecule has 30 heavy (non-hydrogen) atoms. The summed E-state index contributed by atoms with van der Waals surface area (Å²) in [5.74, 6) is -0.210. The first-order valence-corrected chi connectivity index (χ1v) is 11.1. The SMILES string of the molecule is O=C(Nc1ccc(N2CCN(C(=O)c3cccs3)CC2)cc1)c1cccc(Cl)c1Cl. The fraction of sp³-hybridized carbons (Fsp3) is 0.182. The molecule has 2 aromatic carbocycles. The molecule has 1 aromatic heterocycles. The van der Waals surface area contributed by atoms with E-state index in [0.29, 0.717) is 29.4 Å². The predicted octanol–water partition coefficient (Wildman–Crippen LogP) is 5.27. The molecule has 0 spiro atoms. The number of rotatable bonds is 4. The summed E-state index contributed by atoms with van der Waals surface area (Å²) >= 11 is 13.6. The Labute approximate surface area is 188 Å². The molecule has 2 amide bonds. The van der Waals surface area contributed by atoms with Crippen molar-refractivity contribution in [2.24, 2.45) is 0 Å². The van der Waals surface area contributed by atoms with Crippen molar-refractivity contribution < 1.29 is 9.59 Å². The van der Waals surface area contributed by atoms with Gasteiger partial charge in [-0.1, -0.05) is 35.3 Å². The van der Waals surface area contributed by atoms with Gasteiger partial charge in [0.05, 0.1) is 20.5 Å². The van der Waals surface area contributed by atoms with Crippen molar-refractivity contribution in [2.75, 3.05) is 36.4 Å². The Kier molecular flexibility index (Phi) is 6.27. The first kappa shape index (κ1) is 20.7. The molecule has 0 radical (unpaired) electrons. The van der Waals surface area contributed by atoms with Crippen molar-refractivity contribution in [2.45, 2.75) is 0 Å². The molecule has 0 bridgehead atoms. The lowest BCUT2D eigenvalue weighted by molar-refractivity contribution is 0.0751. The molecule has 0 unspecified atom stereocenters. The number of hydrogen-bond donors (Lipinski definition) is 1. The molecule has 1 N–H and O–H groups in total. The molecule has 2 heterocycles. The maximum absolute atomic E-state index is 12.5. The molecule has 1 aliphatic rings. The van der Waals surface area contributed by atoms with E-state index < -0.39 is 0 Å². The number of hydrogen-bond acceptors (Lipinski definition) is 4. The zero-order valence-corrected chi connectivity index (χ0v) is 18.3. The number of nitrogens with one attached hydrogen (secondary N) is 1. The summed E-state index contributed by atoms with van der Waals surface area (Å²) in [6.07, 6.45) is 0. The first-order valence-electron chi connectivity index (χ1n) is 9.46. The van der Waals surface area contributed by atoms with Gasteiger partial charge in [-0.3, -0.25) is 9.59 Å². The average Bonchev–Trinajstić information content (AvgIpc) is 3.31. The van der Waals surface area contributed by atoms with E-state index in [1.165, 1.54) is 11.3 Å². The number of anilines is 2. The topological polar surface area (TPSA) is 52.7 Å². The lowest BCUT2D eigenvalue weighted by atomic mass is 10.2. The molecular weight excluding hydrogens is 441 g/mol. The zero-order chi connectivity index (χ0) is 21.1. The fourth-order valence-electron chi connectivity index (χ4n) is 3.36. The lowest BCUT2D eigenvalue weighted by Crippen LogP contribution is -2.48. The summed E-state index contributed by atoms with van der Waals surface area (Å²) in [5.41, 5.74) is 2.06. The molecule has 154 valence electrons. The Bertz CT molecular complexity index is 1050. The van der Waals surface area contributed by atoms with Gasteiger partial charge in [0.25, 0.3) is 11.8 Å². The second-order valence-electron chi connectivity index (χ2n) is 6.86. The minimum Gasteiger partial charge on any atom is -0.368 e. The van der Waals surface area contributed by atoms with Gasteiger partial charge in [0, 0.05) is 37.6 Å². The van der Waals surface area contributed by atoms with E-state index in [0.717, 1.165) is 23.7 Å².